The SMILES string of the molecule is O=C(c1ccc(C(F)(F)F)cc1)c1ccccc1[N+](=O)[O-]. The molecule has 21 heavy (non-hydrogen) atoms. The summed E-state index contributed by atoms with van der Waals surface area (Å²) in [5.74, 6) is -0.698. The number of hydrogen-bond acceptors (Lipinski definition) is 3. The molecule has 0 aliphatic carbocycles. The monoisotopic (exact) mass is 295 g/mol. The maximum Gasteiger partial charge on any atom is 0.416 e. The van der Waals surface area contributed by atoms with Crippen molar-refractivity contribution >= 4 is 11.5 Å². The molecule has 0 heterocycles. The number of carbonyl (C=O) groups excluding carboxylic acids is 1. The van der Waals surface area contributed by atoms with E-state index in [2.05, 4.69) is 0 Å². The third-order valence-electron chi connectivity index (χ3n) is 2.82. The molecule has 0 atom stereocenters. The van der Waals surface area contributed by atoms with Crippen molar-refractivity contribution in [3.05, 3.63) is 75.3 Å². The average molecular weight is 295 g/mol. The number of halogens is 3. The van der Waals surface area contributed by atoms with E-state index in [1.54, 1.807) is 0 Å². The van der Waals surface area contributed by atoms with Crippen molar-refractivity contribution in [3.63, 3.8) is 0 Å². The molecule has 0 bridgehead atoms. The van der Waals surface area contributed by atoms with Crippen molar-refractivity contribution in [2.45, 2.75) is 6.18 Å². The van der Waals surface area contributed by atoms with E-state index in [4.69, 9.17) is 0 Å². The Labute approximate surface area is 117 Å². The summed E-state index contributed by atoms with van der Waals surface area (Å²) in [5.41, 5.74) is -1.48. The van der Waals surface area contributed by atoms with E-state index in [9.17, 15) is 28.1 Å². The van der Waals surface area contributed by atoms with Gasteiger partial charge < -0.3 is 0 Å². The first-order valence-electron chi connectivity index (χ1n) is 5.76. The molecule has 0 N–H and O–H groups in total. The maximum absolute atomic E-state index is 12.4. The fraction of sp³-hybridized carbons (Fsp3) is 0.0714. The molecule has 7 heteroatoms. The van der Waals surface area contributed by atoms with Gasteiger partial charge in [-0.2, -0.15) is 13.2 Å². The van der Waals surface area contributed by atoms with Crippen molar-refractivity contribution < 1.29 is 22.9 Å². The Hall–Kier alpha value is -2.70. The Morgan fingerprint density at radius 3 is 2.10 bits per heavy atom. The number of benzene rings is 2. The van der Waals surface area contributed by atoms with Gasteiger partial charge in [-0.15, -0.1) is 0 Å². The molecule has 4 nitrogen and oxygen atoms in total. The number of alkyl halides is 3. The summed E-state index contributed by atoms with van der Waals surface area (Å²) in [4.78, 5) is 22.3. The van der Waals surface area contributed by atoms with E-state index in [0.29, 0.717) is 0 Å². The summed E-state index contributed by atoms with van der Waals surface area (Å²) in [7, 11) is 0. The van der Waals surface area contributed by atoms with Gasteiger partial charge in [0.25, 0.3) is 5.69 Å². The van der Waals surface area contributed by atoms with E-state index in [0.717, 1.165) is 30.3 Å². The summed E-state index contributed by atoms with van der Waals surface area (Å²) in [5, 5.41) is 10.8. The first-order chi connectivity index (χ1) is 9.80. The Morgan fingerprint density at radius 1 is 1.00 bits per heavy atom. The van der Waals surface area contributed by atoms with Crippen LogP contribution < -0.4 is 0 Å². The minimum atomic E-state index is -4.50. The Bertz CT molecular complexity index is 693. The highest BCUT2D eigenvalue weighted by Gasteiger charge is 2.30. The van der Waals surface area contributed by atoms with Crippen LogP contribution in [0.3, 0.4) is 0 Å². The number of carbonyl (C=O) groups is 1. The zero-order chi connectivity index (χ0) is 15.6. The molecular weight excluding hydrogens is 287 g/mol. The highest BCUT2D eigenvalue weighted by Crippen LogP contribution is 2.30. The van der Waals surface area contributed by atoms with Crippen molar-refractivity contribution in [2.75, 3.05) is 0 Å². The van der Waals surface area contributed by atoms with Crippen LogP contribution in [0.2, 0.25) is 0 Å². The molecule has 0 aromatic heterocycles. The van der Waals surface area contributed by atoms with Crippen LogP contribution in [0.25, 0.3) is 0 Å². The first kappa shape index (κ1) is 14.7. The number of nitro benzene ring substituents is 1. The minimum absolute atomic E-state index is 0.0442. The summed E-state index contributed by atoms with van der Waals surface area (Å²) < 4.78 is 37.3. The molecule has 0 spiro atoms. The van der Waals surface area contributed by atoms with Crippen molar-refractivity contribution in [2.24, 2.45) is 0 Å². The second-order valence-corrected chi connectivity index (χ2v) is 4.18. The van der Waals surface area contributed by atoms with E-state index in [-0.39, 0.29) is 16.8 Å². The largest absolute Gasteiger partial charge is 0.416 e. The minimum Gasteiger partial charge on any atom is -0.288 e. The normalized spacial score (nSPS) is 11.2. The van der Waals surface area contributed by atoms with Gasteiger partial charge in [-0.05, 0) is 18.2 Å². The van der Waals surface area contributed by atoms with E-state index < -0.39 is 22.4 Å². The smallest absolute Gasteiger partial charge is 0.288 e. The molecule has 0 amide bonds. The number of ketones is 1. The molecule has 2 aromatic rings. The van der Waals surface area contributed by atoms with Gasteiger partial charge in [0.2, 0.25) is 0 Å². The van der Waals surface area contributed by atoms with Crippen LogP contribution in [0.1, 0.15) is 21.5 Å². The fourth-order valence-electron chi connectivity index (χ4n) is 1.79. The molecule has 0 saturated carbocycles. The summed E-state index contributed by atoms with van der Waals surface area (Å²) in [6, 6.07) is 8.81. The van der Waals surface area contributed by atoms with Crippen molar-refractivity contribution in [1.82, 2.24) is 0 Å². The Balaban J connectivity index is 2.40. The van der Waals surface area contributed by atoms with Crippen molar-refractivity contribution in [1.29, 1.82) is 0 Å². The van der Waals surface area contributed by atoms with Crippen LogP contribution in [0.4, 0.5) is 18.9 Å². The van der Waals surface area contributed by atoms with Gasteiger partial charge in [0.05, 0.1) is 10.5 Å². The van der Waals surface area contributed by atoms with Gasteiger partial charge in [-0.1, -0.05) is 24.3 Å². The average Bonchev–Trinajstić information content (AvgIpc) is 2.45. The van der Waals surface area contributed by atoms with Crippen LogP contribution >= 0.6 is 0 Å². The second kappa shape index (κ2) is 5.35. The third-order valence-corrected chi connectivity index (χ3v) is 2.82. The third kappa shape index (κ3) is 3.07. The standard InChI is InChI=1S/C14H8F3NO3/c15-14(16,17)10-7-5-9(6-8-10)13(19)11-3-1-2-4-12(11)18(20)21/h1-8H. The van der Waals surface area contributed by atoms with Crippen molar-refractivity contribution in [3.8, 4) is 0 Å². The number of hydrogen-bond donors (Lipinski definition) is 0. The lowest BCUT2D eigenvalue weighted by atomic mass is 10.0. The van der Waals surface area contributed by atoms with Crippen LogP contribution in [0, 0.1) is 10.1 Å². The fourth-order valence-corrected chi connectivity index (χ4v) is 1.79. The van der Waals surface area contributed by atoms with E-state index >= 15 is 0 Å². The number of nitrogens with zero attached hydrogens (tertiary/aromatic N) is 1. The first-order valence-corrected chi connectivity index (χ1v) is 5.76. The van der Waals surface area contributed by atoms with E-state index in [1.165, 1.54) is 18.2 Å². The maximum atomic E-state index is 12.4. The van der Waals surface area contributed by atoms with Gasteiger partial charge in [-0.3, -0.25) is 14.9 Å². The number of nitro groups is 1. The molecule has 108 valence electrons. The molecule has 0 radical (unpaired) electrons. The summed E-state index contributed by atoms with van der Waals surface area (Å²) in [6.07, 6.45) is -4.50. The summed E-state index contributed by atoms with van der Waals surface area (Å²) in [6.45, 7) is 0. The van der Waals surface area contributed by atoms with Gasteiger partial charge in [0, 0.05) is 11.6 Å². The van der Waals surface area contributed by atoms with E-state index in [1.807, 2.05) is 0 Å². The van der Waals surface area contributed by atoms with Gasteiger partial charge in [0.15, 0.2) is 5.78 Å². The lowest BCUT2D eigenvalue weighted by molar-refractivity contribution is -0.385. The van der Waals surface area contributed by atoms with Gasteiger partial charge in [0.1, 0.15) is 5.56 Å². The molecule has 0 saturated heterocycles. The van der Waals surface area contributed by atoms with Crippen LogP contribution in [-0.2, 0) is 6.18 Å². The summed E-state index contributed by atoms with van der Waals surface area (Å²) >= 11 is 0. The predicted molar refractivity (Wildman–Crippen MR) is 68.0 cm³/mol. The number of para-hydroxylation sites is 1. The van der Waals surface area contributed by atoms with Gasteiger partial charge >= 0.3 is 6.18 Å². The zero-order valence-corrected chi connectivity index (χ0v) is 10.4. The molecule has 0 aliphatic rings. The highest BCUT2D eigenvalue weighted by atomic mass is 19.4. The molecule has 2 rings (SSSR count). The molecule has 2 aromatic carbocycles. The van der Waals surface area contributed by atoms with Crippen LogP contribution in [-0.4, -0.2) is 10.7 Å². The second-order valence-electron chi connectivity index (χ2n) is 4.18. The lowest BCUT2D eigenvalue weighted by Crippen LogP contribution is -2.08. The zero-order valence-electron chi connectivity index (χ0n) is 10.4. The highest BCUT2D eigenvalue weighted by molar-refractivity contribution is 6.11. The van der Waals surface area contributed by atoms with Gasteiger partial charge in [-0.25, -0.2) is 0 Å². The molecule has 0 aliphatic heterocycles. The molecule has 0 unspecified atom stereocenters. The Morgan fingerprint density at radius 2 is 1.57 bits per heavy atom. The van der Waals surface area contributed by atoms with Crippen LogP contribution in [0.15, 0.2) is 48.5 Å². The Kier molecular flexibility index (Phi) is 3.75. The topological polar surface area (TPSA) is 60.2 Å². The van der Waals surface area contributed by atoms with Crippen LogP contribution in [0.5, 0.6) is 0 Å². The molecule has 0 fully saturated rings. The predicted octanol–water partition coefficient (Wildman–Crippen LogP) is 3.84. The quantitative estimate of drug-likeness (QED) is 0.491. The lowest BCUT2D eigenvalue weighted by Gasteiger charge is -2.07. The number of rotatable bonds is 3. The molecular formula is C14H8F3NO3.